The lowest BCUT2D eigenvalue weighted by Gasteiger charge is -2.27. The standard InChI is InChI=1S/C22H26N2OS/c1-15(25)23-14-18-13-20-21(26-18)8-7-16-5-3-4-6-19(16)22(20)17-9-11-24(2)12-10-17/h3-6,13H,7-12,14H2,1-2H3,(H,23,25). The number of nitrogens with zero attached hydrogens (tertiary/aromatic N) is 1. The zero-order chi connectivity index (χ0) is 18.1. The number of fused-ring (bicyclic) bond motifs is 2. The molecule has 1 aliphatic carbocycles. The van der Waals surface area contributed by atoms with Crippen LogP contribution in [-0.2, 0) is 24.2 Å². The molecular formula is C22H26N2OS. The van der Waals surface area contributed by atoms with Gasteiger partial charge in [-0.15, -0.1) is 11.3 Å². The molecule has 1 amide bonds. The fourth-order valence-corrected chi connectivity index (χ4v) is 5.19. The summed E-state index contributed by atoms with van der Waals surface area (Å²) in [5.74, 6) is 0.0350. The van der Waals surface area contributed by atoms with E-state index in [1.165, 1.54) is 32.0 Å². The third-order valence-electron chi connectivity index (χ3n) is 5.49. The van der Waals surface area contributed by atoms with Gasteiger partial charge in [0.1, 0.15) is 0 Å². The van der Waals surface area contributed by atoms with Crippen LogP contribution in [0.2, 0.25) is 0 Å². The summed E-state index contributed by atoms with van der Waals surface area (Å²) in [6, 6.07) is 11.3. The van der Waals surface area contributed by atoms with Crippen LogP contribution in [-0.4, -0.2) is 30.9 Å². The van der Waals surface area contributed by atoms with Crippen molar-refractivity contribution in [2.45, 2.75) is 39.2 Å². The van der Waals surface area contributed by atoms with Gasteiger partial charge < -0.3 is 10.2 Å². The summed E-state index contributed by atoms with van der Waals surface area (Å²) < 4.78 is 0. The first-order chi connectivity index (χ1) is 12.6. The maximum Gasteiger partial charge on any atom is 0.217 e. The molecule has 1 aliphatic heterocycles. The predicted molar refractivity (Wildman–Crippen MR) is 108 cm³/mol. The van der Waals surface area contributed by atoms with Crippen LogP contribution in [0.3, 0.4) is 0 Å². The largest absolute Gasteiger partial charge is 0.351 e. The van der Waals surface area contributed by atoms with Crippen LogP contribution in [0.25, 0.3) is 5.57 Å². The first kappa shape index (κ1) is 17.5. The molecule has 1 N–H and O–H groups in total. The summed E-state index contributed by atoms with van der Waals surface area (Å²) in [6.07, 6.45) is 4.49. The molecule has 0 saturated carbocycles. The SMILES string of the molecule is CC(=O)NCc1cc2c(s1)CCc1ccccc1C2=C1CCN(C)CC1. The first-order valence-corrected chi connectivity index (χ1v) is 10.3. The molecule has 2 aromatic rings. The summed E-state index contributed by atoms with van der Waals surface area (Å²) >= 11 is 1.87. The molecule has 4 rings (SSSR count). The van der Waals surface area contributed by atoms with Crippen molar-refractivity contribution in [2.75, 3.05) is 20.1 Å². The van der Waals surface area contributed by atoms with Crippen molar-refractivity contribution in [2.24, 2.45) is 0 Å². The highest BCUT2D eigenvalue weighted by Crippen LogP contribution is 2.41. The van der Waals surface area contributed by atoms with Crippen LogP contribution in [0.4, 0.5) is 0 Å². The van der Waals surface area contributed by atoms with E-state index in [-0.39, 0.29) is 5.91 Å². The molecular weight excluding hydrogens is 340 g/mol. The highest BCUT2D eigenvalue weighted by molar-refractivity contribution is 7.12. The number of thiophene rings is 1. The fraction of sp³-hybridized carbons (Fsp3) is 0.409. The molecule has 4 heteroatoms. The Morgan fingerprint density at radius 3 is 2.65 bits per heavy atom. The van der Waals surface area contributed by atoms with Crippen molar-refractivity contribution in [3.8, 4) is 0 Å². The molecule has 26 heavy (non-hydrogen) atoms. The van der Waals surface area contributed by atoms with E-state index >= 15 is 0 Å². The average Bonchev–Trinajstić information content (AvgIpc) is 2.97. The summed E-state index contributed by atoms with van der Waals surface area (Å²) in [6.45, 7) is 4.50. The van der Waals surface area contributed by atoms with E-state index in [0.717, 1.165) is 38.8 Å². The molecule has 2 aliphatic rings. The van der Waals surface area contributed by atoms with E-state index in [9.17, 15) is 4.79 Å². The van der Waals surface area contributed by atoms with Gasteiger partial charge in [-0.05, 0) is 61.1 Å². The minimum atomic E-state index is 0.0350. The third kappa shape index (κ3) is 3.49. The topological polar surface area (TPSA) is 32.3 Å². The minimum absolute atomic E-state index is 0.0350. The lowest BCUT2D eigenvalue weighted by atomic mass is 9.87. The second kappa shape index (κ2) is 7.37. The maximum atomic E-state index is 11.3. The van der Waals surface area contributed by atoms with Crippen molar-refractivity contribution in [1.82, 2.24) is 10.2 Å². The van der Waals surface area contributed by atoms with Crippen LogP contribution < -0.4 is 5.32 Å². The van der Waals surface area contributed by atoms with Gasteiger partial charge in [-0.25, -0.2) is 0 Å². The van der Waals surface area contributed by atoms with Crippen LogP contribution in [0.1, 0.15) is 46.2 Å². The second-order valence-corrected chi connectivity index (χ2v) is 8.62. The maximum absolute atomic E-state index is 11.3. The molecule has 0 spiro atoms. The molecule has 1 fully saturated rings. The van der Waals surface area contributed by atoms with Gasteiger partial charge in [0.2, 0.25) is 5.91 Å². The van der Waals surface area contributed by atoms with E-state index in [4.69, 9.17) is 0 Å². The molecule has 136 valence electrons. The van der Waals surface area contributed by atoms with E-state index in [1.807, 2.05) is 11.3 Å². The number of hydrogen-bond acceptors (Lipinski definition) is 3. The lowest BCUT2D eigenvalue weighted by Crippen LogP contribution is -2.27. The summed E-state index contributed by atoms with van der Waals surface area (Å²) in [5, 5.41) is 2.95. The van der Waals surface area contributed by atoms with E-state index in [0.29, 0.717) is 6.54 Å². The first-order valence-electron chi connectivity index (χ1n) is 9.47. The second-order valence-electron chi connectivity index (χ2n) is 7.40. The molecule has 0 radical (unpaired) electrons. The normalized spacial score (nSPS) is 17.5. The van der Waals surface area contributed by atoms with E-state index in [2.05, 4.69) is 47.6 Å². The molecule has 1 aromatic carbocycles. The van der Waals surface area contributed by atoms with Gasteiger partial charge in [-0.2, -0.15) is 0 Å². The Bertz CT molecular complexity index is 855. The number of benzene rings is 1. The minimum Gasteiger partial charge on any atom is -0.351 e. The highest BCUT2D eigenvalue weighted by atomic mass is 32.1. The Hall–Kier alpha value is -1.91. The Kier molecular flexibility index (Phi) is 4.96. The van der Waals surface area contributed by atoms with E-state index in [1.54, 1.807) is 12.5 Å². The number of hydrogen-bond donors (Lipinski definition) is 1. The number of carbonyl (C=O) groups excluding carboxylic acids is 1. The molecule has 0 bridgehead atoms. The smallest absolute Gasteiger partial charge is 0.217 e. The monoisotopic (exact) mass is 366 g/mol. The van der Waals surface area contributed by atoms with Crippen molar-refractivity contribution in [3.63, 3.8) is 0 Å². The predicted octanol–water partition coefficient (Wildman–Crippen LogP) is 4.01. The van der Waals surface area contributed by atoms with Crippen molar-refractivity contribution < 1.29 is 4.79 Å². The molecule has 1 saturated heterocycles. The number of likely N-dealkylation sites (tertiary alicyclic amines) is 1. The molecule has 0 unspecified atom stereocenters. The molecule has 0 atom stereocenters. The van der Waals surface area contributed by atoms with Crippen LogP contribution in [0.15, 0.2) is 35.9 Å². The Morgan fingerprint density at radius 2 is 1.88 bits per heavy atom. The number of aryl methyl sites for hydroxylation is 2. The number of rotatable bonds is 2. The average molecular weight is 367 g/mol. The Balaban J connectivity index is 1.80. The molecule has 3 nitrogen and oxygen atoms in total. The number of amides is 1. The van der Waals surface area contributed by atoms with Gasteiger partial charge in [0.15, 0.2) is 0 Å². The van der Waals surface area contributed by atoms with Crippen molar-refractivity contribution in [3.05, 3.63) is 62.3 Å². The van der Waals surface area contributed by atoms with Gasteiger partial charge in [0.25, 0.3) is 0 Å². The highest BCUT2D eigenvalue weighted by Gasteiger charge is 2.25. The van der Waals surface area contributed by atoms with Gasteiger partial charge in [-0.1, -0.05) is 29.8 Å². The molecule has 1 aromatic heterocycles. The summed E-state index contributed by atoms with van der Waals surface area (Å²) in [7, 11) is 2.21. The Morgan fingerprint density at radius 1 is 1.12 bits per heavy atom. The number of nitrogens with one attached hydrogen (secondary N) is 1. The van der Waals surface area contributed by atoms with Crippen LogP contribution in [0.5, 0.6) is 0 Å². The lowest BCUT2D eigenvalue weighted by molar-refractivity contribution is -0.119. The summed E-state index contributed by atoms with van der Waals surface area (Å²) in [5.41, 5.74) is 7.39. The quantitative estimate of drug-likeness (QED) is 0.871. The molecule has 2 heterocycles. The zero-order valence-electron chi connectivity index (χ0n) is 15.6. The van der Waals surface area contributed by atoms with Crippen LogP contribution >= 0.6 is 11.3 Å². The zero-order valence-corrected chi connectivity index (χ0v) is 16.4. The van der Waals surface area contributed by atoms with E-state index < -0.39 is 0 Å². The van der Waals surface area contributed by atoms with Crippen molar-refractivity contribution >= 4 is 22.8 Å². The van der Waals surface area contributed by atoms with Crippen molar-refractivity contribution in [1.29, 1.82) is 0 Å². The van der Waals surface area contributed by atoms with Gasteiger partial charge in [0.05, 0.1) is 6.54 Å². The number of carbonyl (C=O) groups is 1. The fourth-order valence-electron chi connectivity index (χ4n) is 4.07. The van der Waals surface area contributed by atoms with Gasteiger partial charge in [0, 0.05) is 29.8 Å². The third-order valence-corrected chi connectivity index (χ3v) is 6.69. The Labute approximate surface area is 159 Å². The summed E-state index contributed by atoms with van der Waals surface area (Å²) in [4.78, 5) is 16.5. The number of piperidine rings is 1. The van der Waals surface area contributed by atoms with Gasteiger partial charge >= 0.3 is 0 Å². The van der Waals surface area contributed by atoms with Crippen LogP contribution in [0, 0.1) is 0 Å². The van der Waals surface area contributed by atoms with Gasteiger partial charge in [-0.3, -0.25) is 4.79 Å².